The fourth-order valence-corrected chi connectivity index (χ4v) is 1.51. The molecule has 2 aromatic heterocycles. The standard InChI is InChI=1S/C12H14N4O3/c1-4-9(17)7(2)12-13-11(16-19-12)8-5-6-10(18-3)15-14-8/h5-7H,4H2,1-3H3. The maximum Gasteiger partial charge on any atom is 0.237 e. The van der Waals surface area contributed by atoms with Gasteiger partial charge in [-0.25, -0.2) is 0 Å². The van der Waals surface area contributed by atoms with Gasteiger partial charge in [-0.05, 0) is 13.0 Å². The smallest absolute Gasteiger partial charge is 0.237 e. The fraction of sp³-hybridized carbons (Fsp3) is 0.417. The molecule has 0 radical (unpaired) electrons. The highest BCUT2D eigenvalue weighted by Crippen LogP contribution is 2.20. The molecule has 0 saturated carbocycles. The molecule has 2 rings (SSSR count). The first-order valence-electron chi connectivity index (χ1n) is 5.90. The van der Waals surface area contributed by atoms with Crippen LogP contribution in [-0.4, -0.2) is 33.2 Å². The van der Waals surface area contributed by atoms with Gasteiger partial charge in [0.25, 0.3) is 0 Å². The first-order valence-corrected chi connectivity index (χ1v) is 5.90. The molecule has 0 fully saturated rings. The van der Waals surface area contributed by atoms with Crippen LogP contribution in [0.25, 0.3) is 11.5 Å². The minimum absolute atomic E-state index is 0.0519. The van der Waals surface area contributed by atoms with Crippen LogP contribution in [0.4, 0.5) is 0 Å². The molecule has 2 aromatic rings. The number of carbonyl (C=O) groups is 1. The van der Waals surface area contributed by atoms with Crippen molar-refractivity contribution in [2.45, 2.75) is 26.2 Å². The highest BCUT2D eigenvalue weighted by atomic mass is 16.5. The molecule has 0 amide bonds. The van der Waals surface area contributed by atoms with Crippen molar-refractivity contribution in [1.82, 2.24) is 20.3 Å². The van der Waals surface area contributed by atoms with E-state index in [-0.39, 0.29) is 5.78 Å². The molecule has 0 aliphatic rings. The molecule has 19 heavy (non-hydrogen) atoms. The zero-order chi connectivity index (χ0) is 13.8. The molecule has 1 unspecified atom stereocenters. The molecule has 0 aromatic carbocycles. The summed E-state index contributed by atoms with van der Waals surface area (Å²) in [7, 11) is 1.51. The molecule has 7 nitrogen and oxygen atoms in total. The van der Waals surface area contributed by atoms with E-state index in [2.05, 4.69) is 20.3 Å². The van der Waals surface area contributed by atoms with Gasteiger partial charge in [0.05, 0.1) is 13.0 Å². The van der Waals surface area contributed by atoms with Crippen LogP contribution in [0.3, 0.4) is 0 Å². The molecule has 0 aliphatic heterocycles. The Balaban J connectivity index is 2.22. The molecule has 0 spiro atoms. The summed E-state index contributed by atoms with van der Waals surface area (Å²) in [4.78, 5) is 15.7. The van der Waals surface area contributed by atoms with Crippen LogP contribution >= 0.6 is 0 Å². The summed E-state index contributed by atoms with van der Waals surface area (Å²) in [6.07, 6.45) is 0.432. The molecule has 0 bridgehead atoms. The van der Waals surface area contributed by atoms with Gasteiger partial charge in [-0.3, -0.25) is 4.79 Å². The van der Waals surface area contributed by atoms with Crippen LogP contribution in [0.15, 0.2) is 16.7 Å². The molecule has 100 valence electrons. The third-order valence-electron chi connectivity index (χ3n) is 2.72. The number of carbonyl (C=O) groups excluding carboxylic acids is 1. The third kappa shape index (κ3) is 2.75. The largest absolute Gasteiger partial charge is 0.480 e. The molecule has 0 aliphatic carbocycles. The number of rotatable bonds is 5. The lowest BCUT2D eigenvalue weighted by Gasteiger charge is -2.01. The molecular weight excluding hydrogens is 248 g/mol. The predicted octanol–water partition coefficient (Wildman–Crippen LogP) is 1.62. The monoisotopic (exact) mass is 262 g/mol. The lowest BCUT2D eigenvalue weighted by atomic mass is 10.1. The van der Waals surface area contributed by atoms with Crippen molar-refractivity contribution < 1.29 is 14.1 Å². The highest BCUT2D eigenvalue weighted by molar-refractivity contribution is 5.84. The molecule has 7 heteroatoms. The Kier molecular flexibility index (Phi) is 3.84. The number of ether oxygens (including phenoxy) is 1. The Morgan fingerprint density at radius 2 is 2.21 bits per heavy atom. The Labute approximate surface area is 110 Å². The molecule has 1 atom stereocenters. The van der Waals surface area contributed by atoms with Crippen LogP contribution < -0.4 is 4.74 Å². The number of Topliss-reactive ketones (excluding diaryl/α,β-unsaturated/α-hetero) is 1. The van der Waals surface area contributed by atoms with E-state index in [0.29, 0.717) is 29.7 Å². The van der Waals surface area contributed by atoms with E-state index in [1.54, 1.807) is 26.0 Å². The summed E-state index contributed by atoms with van der Waals surface area (Å²) < 4.78 is 9.99. The number of methoxy groups -OCH3 is 1. The quantitative estimate of drug-likeness (QED) is 0.808. The minimum atomic E-state index is -0.405. The van der Waals surface area contributed by atoms with Crippen LogP contribution in [0.1, 0.15) is 32.1 Å². The minimum Gasteiger partial charge on any atom is -0.480 e. The topological polar surface area (TPSA) is 91.0 Å². The van der Waals surface area contributed by atoms with Gasteiger partial charge >= 0.3 is 0 Å². The number of nitrogens with zero attached hydrogens (tertiary/aromatic N) is 4. The number of hydrogen-bond donors (Lipinski definition) is 0. The van der Waals surface area contributed by atoms with Gasteiger partial charge in [0.2, 0.25) is 17.6 Å². The lowest BCUT2D eigenvalue weighted by Crippen LogP contribution is -2.07. The van der Waals surface area contributed by atoms with Gasteiger partial charge in [-0.1, -0.05) is 12.1 Å². The van der Waals surface area contributed by atoms with Gasteiger partial charge in [0, 0.05) is 12.5 Å². The molecular formula is C12H14N4O3. The van der Waals surface area contributed by atoms with Gasteiger partial charge in [0.15, 0.2) is 0 Å². The van der Waals surface area contributed by atoms with Crippen molar-refractivity contribution in [2.24, 2.45) is 0 Å². The summed E-state index contributed by atoms with van der Waals surface area (Å²) in [5.41, 5.74) is 0.465. The van der Waals surface area contributed by atoms with Crippen LogP contribution in [0.5, 0.6) is 5.88 Å². The Bertz CT molecular complexity index is 565. The summed E-state index contributed by atoms with van der Waals surface area (Å²) in [6.45, 7) is 3.54. The van der Waals surface area contributed by atoms with E-state index in [1.165, 1.54) is 7.11 Å². The van der Waals surface area contributed by atoms with Gasteiger partial charge < -0.3 is 9.26 Å². The number of hydrogen-bond acceptors (Lipinski definition) is 7. The Morgan fingerprint density at radius 1 is 1.42 bits per heavy atom. The second-order valence-corrected chi connectivity index (χ2v) is 3.96. The van der Waals surface area contributed by atoms with E-state index < -0.39 is 5.92 Å². The third-order valence-corrected chi connectivity index (χ3v) is 2.72. The first kappa shape index (κ1) is 13.1. The highest BCUT2D eigenvalue weighted by Gasteiger charge is 2.21. The Hall–Kier alpha value is -2.31. The van der Waals surface area contributed by atoms with E-state index in [9.17, 15) is 4.79 Å². The van der Waals surface area contributed by atoms with Gasteiger partial charge in [-0.2, -0.15) is 4.98 Å². The van der Waals surface area contributed by atoms with E-state index in [4.69, 9.17) is 9.26 Å². The Morgan fingerprint density at radius 3 is 2.79 bits per heavy atom. The van der Waals surface area contributed by atoms with Crippen molar-refractivity contribution in [1.29, 1.82) is 0 Å². The van der Waals surface area contributed by atoms with Crippen molar-refractivity contribution >= 4 is 5.78 Å². The van der Waals surface area contributed by atoms with Gasteiger partial charge in [-0.15, -0.1) is 10.2 Å². The average Bonchev–Trinajstić information content (AvgIpc) is 2.95. The van der Waals surface area contributed by atoms with E-state index in [0.717, 1.165) is 0 Å². The van der Waals surface area contributed by atoms with Crippen molar-refractivity contribution in [3.63, 3.8) is 0 Å². The second-order valence-electron chi connectivity index (χ2n) is 3.96. The van der Waals surface area contributed by atoms with Crippen LogP contribution in [0, 0.1) is 0 Å². The molecule has 2 heterocycles. The summed E-state index contributed by atoms with van der Waals surface area (Å²) >= 11 is 0. The SMILES string of the molecule is CCC(=O)C(C)c1nc(-c2ccc(OC)nn2)no1. The summed E-state index contributed by atoms with van der Waals surface area (Å²) in [6, 6.07) is 3.33. The summed E-state index contributed by atoms with van der Waals surface area (Å²) in [5, 5.41) is 11.5. The lowest BCUT2D eigenvalue weighted by molar-refractivity contribution is -0.120. The van der Waals surface area contributed by atoms with Crippen molar-refractivity contribution in [3.8, 4) is 17.4 Å². The zero-order valence-corrected chi connectivity index (χ0v) is 11.0. The predicted molar refractivity (Wildman–Crippen MR) is 65.6 cm³/mol. The number of aromatic nitrogens is 4. The normalized spacial score (nSPS) is 12.2. The van der Waals surface area contributed by atoms with Crippen molar-refractivity contribution in [2.75, 3.05) is 7.11 Å². The zero-order valence-electron chi connectivity index (χ0n) is 11.0. The number of ketones is 1. The van der Waals surface area contributed by atoms with E-state index >= 15 is 0 Å². The maximum atomic E-state index is 11.6. The second kappa shape index (κ2) is 5.55. The first-order chi connectivity index (χ1) is 9.15. The molecule has 0 saturated heterocycles. The van der Waals surface area contributed by atoms with E-state index in [1.807, 2.05) is 0 Å². The van der Waals surface area contributed by atoms with Gasteiger partial charge in [0.1, 0.15) is 11.5 Å². The fourth-order valence-electron chi connectivity index (χ4n) is 1.51. The van der Waals surface area contributed by atoms with Crippen molar-refractivity contribution in [3.05, 3.63) is 18.0 Å². The summed E-state index contributed by atoms with van der Waals surface area (Å²) in [5.74, 6) is 0.649. The molecule has 0 N–H and O–H groups in total. The van der Waals surface area contributed by atoms with Crippen LogP contribution in [-0.2, 0) is 4.79 Å². The van der Waals surface area contributed by atoms with Crippen LogP contribution in [0.2, 0.25) is 0 Å². The average molecular weight is 262 g/mol. The maximum absolute atomic E-state index is 11.6.